The lowest BCUT2D eigenvalue weighted by atomic mass is 10.1. The van der Waals surface area contributed by atoms with Crippen LogP contribution in [0.25, 0.3) is 0 Å². The van der Waals surface area contributed by atoms with E-state index in [0.29, 0.717) is 36.8 Å². The van der Waals surface area contributed by atoms with Crippen LogP contribution < -0.4 is 10.1 Å². The number of nitrogens with one attached hydrogen (secondary N) is 1. The van der Waals surface area contributed by atoms with E-state index in [4.69, 9.17) is 4.74 Å². The second kappa shape index (κ2) is 6.92. The highest BCUT2D eigenvalue weighted by Crippen LogP contribution is 2.29. The average Bonchev–Trinajstić information content (AvgIpc) is 3.01. The lowest BCUT2D eigenvalue weighted by Gasteiger charge is -2.34. The number of benzene rings is 1. The van der Waals surface area contributed by atoms with E-state index >= 15 is 0 Å². The van der Waals surface area contributed by atoms with Gasteiger partial charge >= 0.3 is 0 Å². The summed E-state index contributed by atoms with van der Waals surface area (Å²) in [5.74, 6) is 1.16. The van der Waals surface area contributed by atoms with Gasteiger partial charge in [0.25, 0.3) is 11.8 Å². The van der Waals surface area contributed by atoms with E-state index in [1.165, 1.54) is 4.90 Å². The van der Waals surface area contributed by atoms with Crippen LogP contribution >= 0.6 is 0 Å². The quantitative estimate of drug-likeness (QED) is 0.892. The highest BCUT2D eigenvalue weighted by atomic mass is 16.5. The molecule has 2 heterocycles. The number of hydrogen-bond donors (Lipinski definition) is 1. The van der Waals surface area contributed by atoms with Gasteiger partial charge in [-0.1, -0.05) is 12.1 Å². The highest BCUT2D eigenvalue weighted by molar-refractivity contribution is 5.99. The molecule has 0 bridgehead atoms. The Hall–Kier alpha value is -2.90. The molecule has 1 unspecified atom stereocenters. The second-order valence-electron chi connectivity index (χ2n) is 5.70. The van der Waals surface area contributed by atoms with Gasteiger partial charge in [-0.2, -0.15) is 0 Å². The minimum atomic E-state index is -0.817. The number of fused-ring (bicyclic) bond motifs is 1. The van der Waals surface area contributed by atoms with E-state index in [2.05, 4.69) is 15.5 Å². The fourth-order valence-corrected chi connectivity index (χ4v) is 3.05. The topological polar surface area (TPSA) is 89.3 Å². The number of para-hydroxylation sites is 1. The highest BCUT2D eigenvalue weighted by Gasteiger charge is 2.39. The van der Waals surface area contributed by atoms with Crippen LogP contribution in [0, 0.1) is 6.92 Å². The molecule has 132 valence electrons. The molecule has 8 nitrogen and oxygen atoms in total. The van der Waals surface area contributed by atoms with Crippen LogP contribution in [0.1, 0.15) is 35.0 Å². The molecular formula is C17H21N5O3. The van der Waals surface area contributed by atoms with Gasteiger partial charge in [-0.3, -0.25) is 9.59 Å². The van der Waals surface area contributed by atoms with E-state index < -0.39 is 6.04 Å². The molecule has 0 aliphatic carbocycles. The first-order valence-corrected chi connectivity index (χ1v) is 8.22. The number of rotatable bonds is 4. The molecule has 1 aliphatic heterocycles. The monoisotopic (exact) mass is 343 g/mol. The van der Waals surface area contributed by atoms with Crippen molar-refractivity contribution in [1.82, 2.24) is 25.0 Å². The predicted molar refractivity (Wildman–Crippen MR) is 90.2 cm³/mol. The van der Waals surface area contributed by atoms with Crippen molar-refractivity contribution >= 4 is 11.8 Å². The molecule has 1 N–H and O–H groups in total. The summed E-state index contributed by atoms with van der Waals surface area (Å²) in [5.41, 5.74) is 0.433. The van der Waals surface area contributed by atoms with Crippen molar-refractivity contribution < 1.29 is 14.3 Å². The second-order valence-corrected chi connectivity index (χ2v) is 5.70. The Morgan fingerprint density at radius 1 is 1.28 bits per heavy atom. The Labute approximate surface area is 145 Å². The van der Waals surface area contributed by atoms with E-state index in [1.807, 2.05) is 24.5 Å². The number of aryl methyl sites for hydroxylation is 1. The van der Waals surface area contributed by atoms with Crippen LogP contribution in [0.2, 0.25) is 0 Å². The average molecular weight is 343 g/mol. The Bertz CT molecular complexity index is 801. The van der Waals surface area contributed by atoms with Crippen LogP contribution in [-0.2, 0) is 11.3 Å². The standard InChI is InChI=1S/C17H21N5O3/c1-4-25-13-8-6-5-7-12(13)17(24)22-10-9-21-11(2)19-20-15(21)14(22)16(23)18-3/h5-8,14H,4,9-10H2,1-3H3,(H,18,23). The maximum Gasteiger partial charge on any atom is 0.258 e. The summed E-state index contributed by atoms with van der Waals surface area (Å²) >= 11 is 0. The van der Waals surface area contributed by atoms with Crippen molar-refractivity contribution in [2.75, 3.05) is 20.2 Å². The Balaban J connectivity index is 2.01. The van der Waals surface area contributed by atoms with Gasteiger partial charge in [-0.25, -0.2) is 0 Å². The summed E-state index contributed by atoms with van der Waals surface area (Å²) in [6.07, 6.45) is 0. The van der Waals surface area contributed by atoms with Gasteiger partial charge in [-0.05, 0) is 26.0 Å². The van der Waals surface area contributed by atoms with Gasteiger partial charge in [-0.15, -0.1) is 10.2 Å². The zero-order chi connectivity index (χ0) is 18.0. The van der Waals surface area contributed by atoms with Crippen molar-refractivity contribution in [2.45, 2.75) is 26.4 Å². The molecule has 1 aromatic heterocycles. The maximum absolute atomic E-state index is 13.2. The summed E-state index contributed by atoms with van der Waals surface area (Å²) in [5, 5.41) is 10.8. The molecule has 1 aliphatic rings. The third-order valence-corrected chi connectivity index (χ3v) is 4.26. The molecule has 0 saturated heterocycles. The first-order chi connectivity index (χ1) is 12.1. The number of ether oxygens (including phenoxy) is 1. The minimum absolute atomic E-state index is 0.260. The predicted octanol–water partition coefficient (Wildman–Crippen LogP) is 0.928. The van der Waals surface area contributed by atoms with Crippen molar-refractivity contribution in [3.63, 3.8) is 0 Å². The number of hydrogen-bond acceptors (Lipinski definition) is 5. The van der Waals surface area contributed by atoms with Crippen LogP contribution in [0.4, 0.5) is 0 Å². The molecule has 25 heavy (non-hydrogen) atoms. The summed E-state index contributed by atoms with van der Waals surface area (Å²) in [4.78, 5) is 27.2. The molecule has 0 spiro atoms. The molecule has 2 amide bonds. The fourth-order valence-electron chi connectivity index (χ4n) is 3.05. The first-order valence-electron chi connectivity index (χ1n) is 8.22. The molecule has 1 atom stereocenters. The summed E-state index contributed by atoms with van der Waals surface area (Å²) in [6, 6.07) is 6.23. The van der Waals surface area contributed by atoms with Crippen molar-refractivity contribution in [2.24, 2.45) is 0 Å². The molecular weight excluding hydrogens is 322 g/mol. The molecule has 3 rings (SSSR count). The lowest BCUT2D eigenvalue weighted by Crippen LogP contribution is -2.48. The van der Waals surface area contributed by atoms with Crippen LogP contribution in [0.3, 0.4) is 0 Å². The normalized spacial score (nSPS) is 16.3. The fraction of sp³-hybridized carbons (Fsp3) is 0.412. The minimum Gasteiger partial charge on any atom is -0.493 e. The molecule has 0 saturated carbocycles. The molecule has 2 aromatic rings. The van der Waals surface area contributed by atoms with Crippen molar-refractivity contribution in [1.29, 1.82) is 0 Å². The van der Waals surface area contributed by atoms with Gasteiger partial charge in [0.05, 0.1) is 12.2 Å². The lowest BCUT2D eigenvalue weighted by molar-refractivity contribution is -0.126. The summed E-state index contributed by atoms with van der Waals surface area (Å²) in [6.45, 7) is 5.09. The first kappa shape index (κ1) is 16.9. The van der Waals surface area contributed by atoms with Gasteiger partial charge in [0, 0.05) is 20.1 Å². The van der Waals surface area contributed by atoms with E-state index in [9.17, 15) is 9.59 Å². The van der Waals surface area contributed by atoms with Crippen molar-refractivity contribution in [3.05, 3.63) is 41.5 Å². The number of carbonyl (C=O) groups excluding carboxylic acids is 2. The Kier molecular flexibility index (Phi) is 4.69. The zero-order valence-electron chi connectivity index (χ0n) is 14.5. The number of amides is 2. The van der Waals surface area contributed by atoms with Gasteiger partial charge < -0.3 is 19.5 Å². The molecule has 8 heteroatoms. The zero-order valence-corrected chi connectivity index (χ0v) is 14.5. The summed E-state index contributed by atoms with van der Waals surface area (Å²) < 4.78 is 7.44. The number of carbonyl (C=O) groups is 2. The third-order valence-electron chi connectivity index (χ3n) is 4.26. The summed E-state index contributed by atoms with van der Waals surface area (Å²) in [7, 11) is 1.54. The largest absolute Gasteiger partial charge is 0.493 e. The molecule has 1 aromatic carbocycles. The van der Waals surface area contributed by atoms with Crippen LogP contribution in [0.15, 0.2) is 24.3 Å². The third kappa shape index (κ3) is 2.95. The van der Waals surface area contributed by atoms with Crippen molar-refractivity contribution in [3.8, 4) is 5.75 Å². The van der Waals surface area contributed by atoms with E-state index in [1.54, 1.807) is 25.2 Å². The number of aromatic nitrogens is 3. The number of nitrogens with zero attached hydrogens (tertiary/aromatic N) is 4. The number of likely N-dealkylation sites (N-methyl/N-ethyl adjacent to an activating group) is 1. The van der Waals surface area contributed by atoms with Gasteiger partial charge in [0.15, 0.2) is 11.9 Å². The smallest absolute Gasteiger partial charge is 0.258 e. The van der Waals surface area contributed by atoms with Gasteiger partial charge in [0.1, 0.15) is 11.6 Å². The molecule has 0 fully saturated rings. The Morgan fingerprint density at radius 2 is 2.04 bits per heavy atom. The van der Waals surface area contributed by atoms with Crippen LogP contribution in [0.5, 0.6) is 5.75 Å². The Morgan fingerprint density at radius 3 is 2.76 bits per heavy atom. The van der Waals surface area contributed by atoms with E-state index in [0.717, 1.165) is 5.82 Å². The maximum atomic E-state index is 13.2. The molecule has 0 radical (unpaired) electrons. The SMILES string of the molecule is CCOc1ccccc1C(=O)N1CCn2c(C)nnc2C1C(=O)NC. The van der Waals surface area contributed by atoms with Crippen LogP contribution in [-0.4, -0.2) is 51.7 Å². The van der Waals surface area contributed by atoms with E-state index in [-0.39, 0.29) is 11.8 Å². The van der Waals surface area contributed by atoms with Gasteiger partial charge in [0.2, 0.25) is 0 Å².